The first-order chi connectivity index (χ1) is 10.1. The number of hydrogen-bond donors (Lipinski definition) is 1. The van der Waals surface area contributed by atoms with Gasteiger partial charge in [0.05, 0.1) is 34.5 Å². The van der Waals surface area contributed by atoms with Crippen LogP contribution in [-0.2, 0) is 20.0 Å². The van der Waals surface area contributed by atoms with Crippen molar-refractivity contribution >= 4 is 11.6 Å². The van der Waals surface area contributed by atoms with Crippen molar-refractivity contribution in [1.82, 2.24) is 24.6 Å². The zero-order valence-electron chi connectivity index (χ0n) is 13.2. The lowest BCUT2D eigenvalue weighted by molar-refractivity contribution is 0.494. The Labute approximate surface area is 131 Å². The van der Waals surface area contributed by atoms with E-state index in [9.17, 15) is 0 Å². The Bertz CT molecular complexity index is 587. The van der Waals surface area contributed by atoms with Crippen LogP contribution in [0.4, 0.5) is 0 Å². The SMILES string of the molecule is CCCNC(Cc1c(Cl)c(C)nn1CC)c1cn(C)cn1. The Hall–Kier alpha value is -1.33. The molecule has 1 atom stereocenters. The van der Waals surface area contributed by atoms with Crippen molar-refractivity contribution in [2.75, 3.05) is 6.54 Å². The van der Waals surface area contributed by atoms with Gasteiger partial charge in [-0.25, -0.2) is 4.98 Å². The highest BCUT2D eigenvalue weighted by molar-refractivity contribution is 6.31. The molecule has 0 spiro atoms. The molecule has 5 nitrogen and oxygen atoms in total. The fraction of sp³-hybridized carbons (Fsp3) is 0.600. The van der Waals surface area contributed by atoms with Gasteiger partial charge in [0.25, 0.3) is 0 Å². The maximum Gasteiger partial charge on any atom is 0.0947 e. The topological polar surface area (TPSA) is 47.7 Å². The van der Waals surface area contributed by atoms with E-state index in [1.165, 1.54) is 0 Å². The van der Waals surface area contributed by atoms with Crippen LogP contribution in [0.15, 0.2) is 12.5 Å². The molecule has 21 heavy (non-hydrogen) atoms. The van der Waals surface area contributed by atoms with Gasteiger partial charge < -0.3 is 9.88 Å². The predicted molar refractivity (Wildman–Crippen MR) is 85.6 cm³/mol. The summed E-state index contributed by atoms with van der Waals surface area (Å²) in [7, 11) is 1.99. The summed E-state index contributed by atoms with van der Waals surface area (Å²) in [6.45, 7) is 7.98. The van der Waals surface area contributed by atoms with Crippen LogP contribution in [0, 0.1) is 6.92 Å². The molecular weight excluding hydrogens is 286 g/mol. The number of nitrogens with one attached hydrogen (secondary N) is 1. The molecule has 1 unspecified atom stereocenters. The summed E-state index contributed by atoms with van der Waals surface area (Å²) >= 11 is 6.43. The van der Waals surface area contributed by atoms with Gasteiger partial charge >= 0.3 is 0 Å². The zero-order valence-corrected chi connectivity index (χ0v) is 14.0. The van der Waals surface area contributed by atoms with Crippen molar-refractivity contribution in [2.24, 2.45) is 7.05 Å². The number of aryl methyl sites for hydroxylation is 3. The van der Waals surface area contributed by atoms with E-state index >= 15 is 0 Å². The summed E-state index contributed by atoms with van der Waals surface area (Å²) in [4.78, 5) is 4.48. The number of hydrogen-bond acceptors (Lipinski definition) is 3. The minimum absolute atomic E-state index is 0.157. The molecule has 2 heterocycles. The van der Waals surface area contributed by atoms with Gasteiger partial charge in [-0.2, -0.15) is 5.10 Å². The molecule has 0 aromatic carbocycles. The van der Waals surface area contributed by atoms with E-state index in [4.69, 9.17) is 11.6 Å². The minimum atomic E-state index is 0.157. The average molecular weight is 310 g/mol. The molecule has 0 amide bonds. The van der Waals surface area contributed by atoms with E-state index in [-0.39, 0.29) is 6.04 Å². The molecule has 0 fully saturated rings. The smallest absolute Gasteiger partial charge is 0.0947 e. The monoisotopic (exact) mass is 309 g/mol. The van der Waals surface area contributed by atoms with Crippen molar-refractivity contribution in [3.63, 3.8) is 0 Å². The number of halogens is 1. The Morgan fingerprint density at radius 3 is 2.71 bits per heavy atom. The highest BCUT2D eigenvalue weighted by Crippen LogP contribution is 2.25. The minimum Gasteiger partial charge on any atom is -0.340 e. The van der Waals surface area contributed by atoms with Crippen LogP contribution in [0.2, 0.25) is 5.02 Å². The number of aromatic nitrogens is 4. The zero-order chi connectivity index (χ0) is 15.4. The first-order valence-corrected chi connectivity index (χ1v) is 7.87. The molecule has 2 rings (SSSR count). The lowest BCUT2D eigenvalue weighted by Crippen LogP contribution is -2.25. The number of nitrogens with zero attached hydrogens (tertiary/aromatic N) is 4. The summed E-state index contributed by atoms with van der Waals surface area (Å²) in [5.74, 6) is 0. The third kappa shape index (κ3) is 3.66. The second-order valence-electron chi connectivity index (χ2n) is 5.34. The molecule has 0 radical (unpaired) electrons. The average Bonchev–Trinajstić information content (AvgIpc) is 3.01. The third-order valence-corrected chi connectivity index (χ3v) is 4.06. The van der Waals surface area contributed by atoms with Gasteiger partial charge in [-0.1, -0.05) is 18.5 Å². The second-order valence-corrected chi connectivity index (χ2v) is 5.71. The van der Waals surface area contributed by atoms with Crippen LogP contribution in [0.3, 0.4) is 0 Å². The molecule has 6 heteroatoms. The molecular formula is C15H24ClN5. The second kappa shape index (κ2) is 7.09. The van der Waals surface area contributed by atoms with Crippen molar-refractivity contribution in [1.29, 1.82) is 0 Å². The van der Waals surface area contributed by atoms with Crippen LogP contribution < -0.4 is 5.32 Å². The molecule has 0 aliphatic heterocycles. The molecule has 2 aromatic heterocycles. The summed E-state index contributed by atoms with van der Waals surface area (Å²) in [6.07, 6.45) is 5.77. The standard InChI is InChI=1S/C15H24ClN5/c1-5-7-17-12(13-9-20(4)10-18-13)8-14-15(16)11(3)19-21(14)6-2/h9-10,12,17H,5-8H2,1-4H3. The van der Waals surface area contributed by atoms with Gasteiger partial charge in [0.15, 0.2) is 0 Å². The largest absolute Gasteiger partial charge is 0.340 e. The fourth-order valence-corrected chi connectivity index (χ4v) is 2.68. The van der Waals surface area contributed by atoms with Crippen molar-refractivity contribution in [2.45, 2.75) is 46.2 Å². The van der Waals surface area contributed by atoms with Crippen LogP contribution >= 0.6 is 11.6 Å². The van der Waals surface area contributed by atoms with E-state index in [1.807, 2.05) is 29.5 Å². The molecule has 0 saturated carbocycles. The van der Waals surface area contributed by atoms with E-state index in [0.29, 0.717) is 0 Å². The van der Waals surface area contributed by atoms with E-state index in [2.05, 4.69) is 35.4 Å². The van der Waals surface area contributed by atoms with Crippen LogP contribution in [0.25, 0.3) is 0 Å². The Morgan fingerprint density at radius 2 is 2.14 bits per heavy atom. The molecule has 0 aliphatic carbocycles. The Morgan fingerprint density at radius 1 is 1.38 bits per heavy atom. The molecule has 116 valence electrons. The normalized spacial score (nSPS) is 12.8. The third-order valence-electron chi connectivity index (χ3n) is 3.57. The summed E-state index contributed by atoms with van der Waals surface area (Å²) in [5, 5.41) is 8.83. The summed E-state index contributed by atoms with van der Waals surface area (Å²) < 4.78 is 3.96. The van der Waals surface area contributed by atoms with E-state index in [0.717, 1.165) is 48.0 Å². The Balaban J connectivity index is 2.26. The Kier molecular flexibility index (Phi) is 5.42. The lowest BCUT2D eigenvalue weighted by atomic mass is 10.1. The van der Waals surface area contributed by atoms with Crippen LogP contribution in [0.5, 0.6) is 0 Å². The van der Waals surface area contributed by atoms with Crippen LogP contribution in [0.1, 0.15) is 43.4 Å². The fourth-order valence-electron chi connectivity index (χ4n) is 2.47. The van der Waals surface area contributed by atoms with Crippen molar-refractivity contribution in [3.05, 3.63) is 34.6 Å². The molecule has 0 saturated heterocycles. The number of rotatable bonds is 7. The summed E-state index contributed by atoms with van der Waals surface area (Å²) in [6, 6.07) is 0.157. The maximum atomic E-state index is 6.43. The molecule has 0 aliphatic rings. The van der Waals surface area contributed by atoms with E-state index in [1.54, 1.807) is 0 Å². The molecule has 2 aromatic rings. The maximum absolute atomic E-state index is 6.43. The van der Waals surface area contributed by atoms with Gasteiger partial charge in [-0.15, -0.1) is 0 Å². The lowest BCUT2D eigenvalue weighted by Gasteiger charge is -2.17. The van der Waals surface area contributed by atoms with Gasteiger partial charge in [-0.05, 0) is 26.8 Å². The predicted octanol–water partition coefficient (Wildman–Crippen LogP) is 2.88. The summed E-state index contributed by atoms with van der Waals surface area (Å²) in [5.41, 5.74) is 3.02. The van der Waals surface area contributed by atoms with Gasteiger partial charge in [0, 0.05) is 26.2 Å². The highest BCUT2D eigenvalue weighted by Gasteiger charge is 2.20. The van der Waals surface area contributed by atoms with Crippen molar-refractivity contribution < 1.29 is 0 Å². The molecule has 1 N–H and O–H groups in total. The first kappa shape index (κ1) is 16.0. The first-order valence-electron chi connectivity index (χ1n) is 7.49. The number of imidazole rings is 1. The van der Waals surface area contributed by atoms with Crippen LogP contribution in [-0.4, -0.2) is 25.9 Å². The van der Waals surface area contributed by atoms with Gasteiger partial charge in [0.2, 0.25) is 0 Å². The molecule has 0 bridgehead atoms. The van der Waals surface area contributed by atoms with Gasteiger partial charge in [0.1, 0.15) is 0 Å². The van der Waals surface area contributed by atoms with E-state index < -0.39 is 0 Å². The quantitative estimate of drug-likeness (QED) is 0.855. The van der Waals surface area contributed by atoms with Crippen molar-refractivity contribution in [3.8, 4) is 0 Å². The van der Waals surface area contributed by atoms with Gasteiger partial charge in [-0.3, -0.25) is 4.68 Å². The highest BCUT2D eigenvalue weighted by atomic mass is 35.5.